The summed E-state index contributed by atoms with van der Waals surface area (Å²) in [5, 5.41) is 4.51. The molecule has 0 saturated carbocycles. The van der Waals surface area contributed by atoms with Gasteiger partial charge in [0.2, 0.25) is 5.91 Å². The molecule has 31 heavy (non-hydrogen) atoms. The molecule has 0 aliphatic heterocycles. The lowest BCUT2D eigenvalue weighted by atomic mass is 10.1. The van der Waals surface area contributed by atoms with E-state index < -0.39 is 0 Å². The van der Waals surface area contributed by atoms with Gasteiger partial charge < -0.3 is 21.0 Å². The Morgan fingerprint density at radius 3 is 2.52 bits per heavy atom. The van der Waals surface area contributed by atoms with Crippen LogP contribution in [-0.2, 0) is 11.2 Å². The number of nitrogens with two attached hydrogens (primary N) is 2. The molecule has 176 valence electrons. The lowest BCUT2D eigenvalue weighted by Gasteiger charge is -2.15. The van der Waals surface area contributed by atoms with Crippen LogP contribution in [0.25, 0.3) is 0 Å². The summed E-state index contributed by atoms with van der Waals surface area (Å²) in [6.07, 6.45) is 17.6. The van der Waals surface area contributed by atoms with Gasteiger partial charge in [0, 0.05) is 24.9 Å². The third kappa shape index (κ3) is 14.3. The monoisotopic (exact) mass is 433 g/mol. The number of unbranched alkanes of at least 4 members (excludes halogenated alkanes) is 8. The summed E-state index contributed by atoms with van der Waals surface area (Å²) in [5.41, 5.74) is 7.51. The van der Waals surface area contributed by atoms with Crippen LogP contribution in [0.3, 0.4) is 0 Å². The Morgan fingerprint density at radius 2 is 1.84 bits per heavy atom. The lowest BCUT2D eigenvalue weighted by Crippen LogP contribution is -2.35. The Labute approximate surface area is 187 Å². The molecule has 1 heterocycles. The van der Waals surface area contributed by atoms with Crippen LogP contribution in [0.2, 0.25) is 0 Å². The van der Waals surface area contributed by atoms with Crippen molar-refractivity contribution < 1.29 is 4.79 Å². The van der Waals surface area contributed by atoms with E-state index >= 15 is 0 Å². The van der Waals surface area contributed by atoms with Gasteiger partial charge >= 0.3 is 0 Å². The van der Waals surface area contributed by atoms with Crippen molar-refractivity contribution in [2.45, 2.75) is 90.4 Å². The van der Waals surface area contributed by atoms with E-state index in [-0.39, 0.29) is 5.91 Å². The normalized spacial score (nSPS) is 11.5. The van der Waals surface area contributed by atoms with E-state index in [1.165, 1.54) is 32.1 Å². The molecule has 0 atom stereocenters. The van der Waals surface area contributed by atoms with Crippen molar-refractivity contribution in [1.82, 2.24) is 20.3 Å². The van der Waals surface area contributed by atoms with Gasteiger partial charge in [0.15, 0.2) is 5.95 Å². The number of carbonyl (C=O) groups is 1. The van der Waals surface area contributed by atoms with E-state index in [0.717, 1.165) is 56.3 Å². The van der Waals surface area contributed by atoms with Crippen molar-refractivity contribution in [3.05, 3.63) is 23.8 Å². The maximum Gasteiger partial charge on any atom is 0.220 e. The zero-order valence-electron chi connectivity index (χ0n) is 19.4. The molecule has 0 radical (unpaired) electrons. The predicted molar refractivity (Wildman–Crippen MR) is 129 cm³/mol. The molecule has 6 N–H and O–H groups in total. The number of hydrazine groups is 1. The number of hydrogen-bond donors (Lipinski definition) is 4. The average molecular weight is 434 g/mol. The van der Waals surface area contributed by atoms with Crippen LogP contribution in [0.1, 0.15) is 89.7 Å². The molecule has 1 aromatic rings. The number of anilines is 1. The smallest absolute Gasteiger partial charge is 0.220 e. The van der Waals surface area contributed by atoms with E-state index in [0.29, 0.717) is 25.5 Å². The van der Waals surface area contributed by atoms with Gasteiger partial charge in [-0.25, -0.2) is 10.8 Å². The first-order valence-electron chi connectivity index (χ1n) is 11.8. The van der Waals surface area contributed by atoms with Crippen molar-refractivity contribution in [3.8, 4) is 0 Å². The molecule has 0 aliphatic carbocycles. The molecule has 0 fully saturated rings. The molecule has 0 unspecified atom stereocenters. The van der Waals surface area contributed by atoms with Gasteiger partial charge in [0.1, 0.15) is 0 Å². The minimum Gasteiger partial charge on any atom is -0.369 e. The number of H-pyrrole nitrogens is 1. The number of carbonyl (C=O) groups excluding carboxylic acids is 1. The molecule has 8 nitrogen and oxygen atoms in total. The van der Waals surface area contributed by atoms with E-state index in [1.807, 2.05) is 6.20 Å². The third-order valence-corrected chi connectivity index (χ3v) is 5.24. The zero-order valence-corrected chi connectivity index (χ0v) is 19.4. The number of hydrogen-bond acceptors (Lipinski definition) is 6. The van der Waals surface area contributed by atoms with Gasteiger partial charge in [-0.2, -0.15) is 0 Å². The Kier molecular flexibility index (Phi) is 14.9. The van der Waals surface area contributed by atoms with Crippen molar-refractivity contribution in [2.24, 2.45) is 10.8 Å². The molecule has 0 aromatic carbocycles. The van der Waals surface area contributed by atoms with Gasteiger partial charge in [0.05, 0.1) is 18.4 Å². The largest absolute Gasteiger partial charge is 0.369 e. The summed E-state index contributed by atoms with van der Waals surface area (Å²) in [6.45, 7) is 6.93. The van der Waals surface area contributed by atoms with Crippen molar-refractivity contribution >= 4 is 18.6 Å². The molecule has 0 aliphatic rings. The van der Waals surface area contributed by atoms with Crippen molar-refractivity contribution in [2.75, 3.05) is 18.8 Å². The van der Waals surface area contributed by atoms with E-state index in [1.54, 1.807) is 11.2 Å². The first kappa shape index (κ1) is 26.7. The number of aromatic amines is 1. The molecule has 0 bridgehead atoms. The number of aromatic nitrogens is 2. The van der Waals surface area contributed by atoms with Gasteiger partial charge in [-0.3, -0.25) is 9.79 Å². The summed E-state index contributed by atoms with van der Waals surface area (Å²) in [4.78, 5) is 23.0. The van der Waals surface area contributed by atoms with Gasteiger partial charge in [0.25, 0.3) is 0 Å². The fraction of sp³-hybridized carbons (Fsp3) is 0.696. The Balaban J connectivity index is 2.08. The van der Waals surface area contributed by atoms with Crippen LogP contribution in [0.4, 0.5) is 5.95 Å². The SMILES string of the molecule is C=N/C(=C\N(N)CCNC(=O)CCCCCCCCC)CCCCCc1cnc(N)[nH]1. The second-order valence-electron chi connectivity index (χ2n) is 8.09. The third-order valence-electron chi connectivity index (χ3n) is 5.24. The van der Waals surface area contributed by atoms with E-state index in [9.17, 15) is 4.79 Å². The zero-order chi connectivity index (χ0) is 22.7. The number of amides is 1. The molecule has 1 aromatic heterocycles. The van der Waals surface area contributed by atoms with E-state index in [4.69, 9.17) is 11.6 Å². The van der Waals surface area contributed by atoms with Crippen LogP contribution >= 0.6 is 0 Å². The highest BCUT2D eigenvalue weighted by Gasteiger charge is 2.03. The lowest BCUT2D eigenvalue weighted by molar-refractivity contribution is -0.121. The summed E-state index contributed by atoms with van der Waals surface area (Å²) < 4.78 is 0. The number of aryl methyl sites for hydroxylation is 1. The minimum atomic E-state index is 0.104. The predicted octanol–water partition coefficient (Wildman–Crippen LogP) is 4.07. The molecule has 1 amide bonds. The Bertz CT molecular complexity index is 642. The number of aliphatic imine (C=N–C) groups is 1. The fourth-order valence-electron chi connectivity index (χ4n) is 3.40. The van der Waals surface area contributed by atoms with Gasteiger partial charge in [-0.15, -0.1) is 0 Å². The standard InChI is InChI=1S/C23H43N7O/c1-3-4-5-6-7-8-12-15-22(31)27-16-17-30(25)19-21(26-2)14-11-9-10-13-20-18-28-23(24)29-20/h18-19H,2-17,25H2,1H3,(H,27,31)(H3,24,28,29)/b21-19-. The van der Waals surface area contributed by atoms with Gasteiger partial charge in [-0.1, -0.05) is 51.9 Å². The summed E-state index contributed by atoms with van der Waals surface area (Å²) in [5.74, 6) is 6.59. The summed E-state index contributed by atoms with van der Waals surface area (Å²) in [6, 6.07) is 0. The summed E-state index contributed by atoms with van der Waals surface area (Å²) in [7, 11) is 0. The second-order valence-corrected chi connectivity index (χ2v) is 8.09. The number of rotatable bonds is 19. The highest BCUT2D eigenvalue weighted by Crippen LogP contribution is 2.12. The molecule has 0 saturated heterocycles. The molecular formula is C23H43N7O. The Morgan fingerprint density at radius 1 is 1.16 bits per heavy atom. The average Bonchev–Trinajstić information content (AvgIpc) is 3.17. The second kappa shape index (κ2) is 17.3. The highest BCUT2D eigenvalue weighted by atomic mass is 16.1. The highest BCUT2D eigenvalue weighted by molar-refractivity contribution is 5.75. The maximum absolute atomic E-state index is 11.9. The quantitative estimate of drug-likeness (QED) is 0.113. The first-order valence-corrected chi connectivity index (χ1v) is 11.8. The fourth-order valence-corrected chi connectivity index (χ4v) is 3.40. The number of nitrogen functional groups attached to an aromatic ring is 1. The topological polar surface area (TPSA) is 125 Å². The molecule has 1 rings (SSSR count). The number of nitrogens with zero attached hydrogens (tertiary/aromatic N) is 3. The van der Waals surface area contributed by atoms with E-state index in [2.05, 4.69) is 33.9 Å². The number of imidazole rings is 1. The van der Waals surface area contributed by atoms with Gasteiger partial charge in [-0.05, 0) is 38.8 Å². The van der Waals surface area contributed by atoms with Crippen LogP contribution in [-0.4, -0.2) is 40.7 Å². The maximum atomic E-state index is 11.9. The van der Waals surface area contributed by atoms with Crippen LogP contribution < -0.4 is 16.9 Å². The Hall–Kier alpha value is -2.35. The van der Waals surface area contributed by atoms with Crippen molar-refractivity contribution in [1.29, 1.82) is 0 Å². The molecule has 8 heteroatoms. The summed E-state index contributed by atoms with van der Waals surface area (Å²) >= 11 is 0. The molecule has 0 spiro atoms. The van der Waals surface area contributed by atoms with Crippen LogP contribution in [0.15, 0.2) is 23.1 Å². The van der Waals surface area contributed by atoms with Crippen LogP contribution in [0.5, 0.6) is 0 Å². The van der Waals surface area contributed by atoms with Crippen molar-refractivity contribution in [3.63, 3.8) is 0 Å². The van der Waals surface area contributed by atoms with Crippen LogP contribution in [0, 0.1) is 0 Å². The minimum absolute atomic E-state index is 0.104. The number of nitrogens with one attached hydrogen (secondary N) is 2. The molecular weight excluding hydrogens is 390 g/mol. The first-order chi connectivity index (χ1) is 15.0. The number of allylic oxidation sites excluding steroid dienone is 1.